The lowest BCUT2D eigenvalue weighted by molar-refractivity contribution is 0.0957. The highest BCUT2D eigenvalue weighted by atomic mass is 16.5. The van der Waals surface area contributed by atoms with Gasteiger partial charge in [0.15, 0.2) is 5.78 Å². The van der Waals surface area contributed by atoms with Gasteiger partial charge in [-0.1, -0.05) is 12.1 Å². The molecule has 1 aliphatic carbocycles. The van der Waals surface area contributed by atoms with Crippen molar-refractivity contribution in [2.24, 2.45) is 0 Å². The molecule has 3 heteroatoms. The first-order valence-electron chi connectivity index (χ1n) is 5.60. The fourth-order valence-corrected chi connectivity index (χ4v) is 1.50. The molecule has 3 nitrogen and oxygen atoms in total. The fourth-order valence-electron chi connectivity index (χ4n) is 1.50. The molecule has 0 aromatic heterocycles. The summed E-state index contributed by atoms with van der Waals surface area (Å²) in [7, 11) is 3.78. The molecule has 2 rings (SSSR count). The van der Waals surface area contributed by atoms with Gasteiger partial charge in [0.05, 0.1) is 12.6 Å². The van der Waals surface area contributed by atoms with Crippen LogP contribution in [0.15, 0.2) is 24.3 Å². The SMILES string of the molecule is CN(C)CC(=O)c1cccc(OC2CC2)c1. The molecule has 16 heavy (non-hydrogen) atoms. The number of hydrogen-bond donors (Lipinski definition) is 0. The minimum atomic E-state index is 0.131. The van der Waals surface area contributed by atoms with E-state index in [4.69, 9.17) is 4.74 Å². The van der Waals surface area contributed by atoms with Crippen LogP contribution in [-0.2, 0) is 0 Å². The van der Waals surface area contributed by atoms with E-state index in [1.54, 1.807) is 0 Å². The van der Waals surface area contributed by atoms with Crippen molar-refractivity contribution < 1.29 is 9.53 Å². The molecule has 0 bridgehead atoms. The molecule has 1 aliphatic rings. The van der Waals surface area contributed by atoms with Crippen molar-refractivity contribution >= 4 is 5.78 Å². The van der Waals surface area contributed by atoms with Crippen molar-refractivity contribution in [1.82, 2.24) is 4.90 Å². The lowest BCUT2D eigenvalue weighted by Gasteiger charge is -2.09. The van der Waals surface area contributed by atoms with Crippen molar-refractivity contribution in [2.75, 3.05) is 20.6 Å². The molecule has 0 N–H and O–H groups in total. The normalized spacial score (nSPS) is 15.2. The topological polar surface area (TPSA) is 29.5 Å². The monoisotopic (exact) mass is 219 g/mol. The summed E-state index contributed by atoms with van der Waals surface area (Å²) in [5.41, 5.74) is 0.729. The first kappa shape index (κ1) is 11.1. The molecule has 0 saturated heterocycles. The first-order valence-corrected chi connectivity index (χ1v) is 5.60. The molecule has 0 atom stereocenters. The minimum absolute atomic E-state index is 0.131. The lowest BCUT2D eigenvalue weighted by atomic mass is 10.1. The van der Waals surface area contributed by atoms with E-state index in [0.29, 0.717) is 12.6 Å². The molecule has 0 unspecified atom stereocenters. The standard InChI is InChI=1S/C13H17NO2/c1-14(2)9-13(15)10-4-3-5-12(8-10)16-11-6-7-11/h3-5,8,11H,6-7,9H2,1-2H3. The third-order valence-electron chi connectivity index (χ3n) is 2.44. The first-order chi connectivity index (χ1) is 7.65. The van der Waals surface area contributed by atoms with Gasteiger partial charge in [-0.15, -0.1) is 0 Å². The van der Waals surface area contributed by atoms with E-state index in [9.17, 15) is 4.79 Å². The zero-order valence-electron chi connectivity index (χ0n) is 9.77. The average molecular weight is 219 g/mol. The number of benzene rings is 1. The van der Waals surface area contributed by atoms with Crippen LogP contribution in [-0.4, -0.2) is 37.4 Å². The summed E-state index contributed by atoms with van der Waals surface area (Å²) in [4.78, 5) is 13.7. The minimum Gasteiger partial charge on any atom is -0.490 e. The number of ketones is 1. The number of Topliss-reactive ketones (excluding diaryl/α,β-unsaturated/α-hetero) is 1. The Kier molecular flexibility index (Phi) is 3.25. The number of likely N-dealkylation sites (N-methyl/N-ethyl adjacent to an activating group) is 1. The highest BCUT2D eigenvalue weighted by Gasteiger charge is 2.23. The van der Waals surface area contributed by atoms with Crippen LogP contribution in [0.25, 0.3) is 0 Å². The number of carbonyl (C=O) groups is 1. The van der Waals surface area contributed by atoms with Gasteiger partial charge in [-0.05, 0) is 39.1 Å². The number of hydrogen-bond acceptors (Lipinski definition) is 3. The molecule has 0 spiro atoms. The largest absolute Gasteiger partial charge is 0.490 e. The number of nitrogens with zero attached hydrogens (tertiary/aromatic N) is 1. The van der Waals surface area contributed by atoms with Crippen molar-refractivity contribution in [2.45, 2.75) is 18.9 Å². The summed E-state index contributed by atoms with van der Waals surface area (Å²) in [6.45, 7) is 0.437. The molecular formula is C13H17NO2. The maximum Gasteiger partial charge on any atom is 0.176 e. The highest BCUT2D eigenvalue weighted by molar-refractivity contribution is 5.97. The maximum absolute atomic E-state index is 11.8. The van der Waals surface area contributed by atoms with E-state index >= 15 is 0 Å². The number of carbonyl (C=O) groups excluding carboxylic acids is 1. The van der Waals surface area contributed by atoms with E-state index in [1.807, 2.05) is 43.3 Å². The second-order valence-electron chi connectivity index (χ2n) is 4.51. The van der Waals surface area contributed by atoms with Gasteiger partial charge in [0.2, 0.25) is 0 Å². The van der Waals surface area contributed by atoms with Crippen molar-refractivity contribution in [3.05, 3.63) is 29.8 Å². The van der Waals surface area contributed by atoms with Crippen LogP contribution >= 0.6 is 0 Å². The van der Waals surface area contributed by atoms with Crippen LogP contribution in [0.1, 0.15) is 23.2 Å². The van der Waals surface area contributed by atoms with Gasteiger partial charge in [-0.3, -0.25) is 4.79 Å². The summed E-state index contributed by atoms with van der Waals surface area (Å²) in [5.74, 6) is 0.943. The van der Waals surface area contributed by atoms with Gasteiger partial charge >= 0.3 is 0 Å². The van der Waals surface area contributed by atoms with Gasteiger partial charge in [-0.25, -0.2) is 0 Å². The van der Waals surface area contributed by atoms with Crippen LogP contribution < -0.4 is 4.74 Å². The Bertz CT molecular complexity index is 383. The number of rotatable bonds is 5. The lowest BCUT2D eigenvalue weighted by Crippen LogP contribution is -2.21. The number of ether oxygens (including phenoxy) is 1. The van der Waals surface area contributed by atoms with E-state index in [2.05, 4.69) is 0 Å². The summed E-state index contributed by atoms with van der Waals surface area (Å²) in [6, 6.07) is 7.46. The summed E-state index contributed by atoms with van der Waals surface area (Å²) in [5, 5.41) is 0. The van der Waals surface area contributed by atoms with Gasteiger partial charge in [0.1, 0.15) is 5.75 Å². The van der Waals surface area contributed by atoms with Crippen LogP contribution in [0.5, 0.6) is 5.75 Å². The third kappa shape index (κ3) is 3.07. The van der Waals surface area contributed by atoms with Gasteiger partial charge in [0.25, 0.3) is 0 Å². The Morgan fingerprint density at radius 3 is 2.81 bits per heavy atom. The molecule has 1 aromatic carbocycles. The van der Waals surface area contributed by atoms with Crippen molar-refractivity contribution in [3.8, 4) is 5.75 Å². The maximum atomic E-state index is 11.8. The summed E-state index contributed by atoms with van der Waals surface area (Å²) >= 11 is 0. The van der Waals surface area contributed by atoms with Gasteiger partial charge in [-0.2, -0.15) is 0 Å². The molecular weight excluding hydrogens is 202 g/mol. The average Bonchev–Trinajstić information content (AvgIpc) is 3.01. The van der Waals surface area contributed by atoms with Crippen LogP contribution in [0.3, 0.4) is 0 Å². The predicted octanol–water partition coefficient (Wildman–Crippen LogP) is 1.97. The third-order valence-corrected chi connectivity index (χ3v) is 2.44. The molecule has 0 heterocycles. The second-order valence-corrected chi connectivity index (χ2v) is 4.51. The Morgan fingerprint density at radius 1 is 1.44 bits per heavy atom. The molecule has 1 aromatic rings. The van der Waals surface area contributed by atoms with E-state index in [1.165, 1.54) is 0 Å². The molecule has 86 valence electrons. The van der Waals surface area contributed by atoms with E-state index in [-0.39, 0.29) is 5.78 Å². The smallest absolute Gasteiger partial charge is 0.176 e. The summed E-state index contributed by atoms with van der Waals surface area (Å²) in [6.07, 6.45) is 2.64. The van der Waals surface area contributed by atoms with Crippen LogP contribution in [0, 0.1) is 0 Å². The zero-order chi connectivity index (χ0) is 11.5. The van der Waals surface area contributed by atoms with Gasteiger partial charge in [0, 0.05) is 5.56 Å². The molecule has 0 aliphatic heterocycles. The fraction of sp³-hybridized carbons (Fsp3) is 0.462. The van der Waals surface area contributed by atoms with Crippen molar-refractivity contribution in [1.29, 1.82) is 0 Å². The predicted molar refractivity (Wildman–Crippen MR) is 63.0 cm³/mol. The quantitative estimate of drug-likeness (QED) is 0.709. The van der Waals surface area contributed by atoms with Crippen LogP contribution in [0.2, 0.25) is 0 Å². The molecule has 1 fully saturated rings. The Balaban J connectivity index is 2.05. The Hall–Kier alpha value is -1.35. The second kappa shape index (κ2) is 4.66. The molecule has 0 radical (unpaired) electrons. The summed E-state index contributed by atoms with van der Waals surface area (Å²) < 4.78 is 5.66. The van der Waals surface area contributed by atoms with Gasteiger partial charge < -0.3 is 9.64 Å². The Morgan fingerprint density at radius 2 is 2.19 bits per heavy atom. The Labute approximate surface area is 96.0 Å². The molecule has 0 amide bonds. The highest BCUT2D eigenvalue weighted by Crippen LogP contribution is 2.27. The zero-order valence-corrected chi connectivity index (χ0v) is 9.77. The molecule has 1 saturated carbocycles. The van der Waals surface area contributed by atoms with E-state index in [0.717, 1.165) is 24.2 Å². The van der Waals surface area contributed by atoms with Crippen LogP contribution in [0.4, 0.5) is 0 Å². The van der Waals surface area contributed by atoms with E-state index < -0.39 is 0 Å². The van der Waals surface area contributed by atoms with Crippen molar-refractivity contribution in [3.63, 3.8) is 0 Å².